The Morgan fingerprint density at radius 3 is 2.78 bits per heavy atom. The van der Waals surface area contributed by atoms with Crippen molar-refractivity contribution in [3.8, 4) is 0 Å². The standard InChI is InChI=1S/C17H31N3O2S/c1-17(2)13-20(11-12-23-17)16(18-3)19-10-6-9-15(21)22-14-7-4-5-8-14/h14H,4-13H2,1-3H3,(H,18,19). The molecule has 5 nitrogen and oxygen atoms in total. The molecular formula is C17H31N3O2S. The fourth-order valence-corrected chi connectivity index (χ4v) is 4.32. The maximum absolute atomic E-state index is 11.8. The number of nitrogens with zero attached hydrogens (tertiary/aromatic N) is 2. The van der Waals surface area contributed by atoms with E-state index in [2.05, 4.69) is 29.1 Å². The summed E-state index contributed by atoms with van der Waals surface area (Å²) in [5.41, 5.74) is 0. The molecule has 2 fully saturated rings. The molecule has 132 valence electrons. The van der Waals surface area contributed by atoms with Crippen LogP contribution in [0.1, 0.15) is 52.4 Å². The molecule has 0 aromatic heterocycles. The van der Waals surface area contributed by atoms with Crippen molar-refractivity contribution in [1.82, 2.24) is 10.2 Å². The highest BCUT2D eigenvalue weighted by Crippen LogP contribution is 2.29. The van der Waals surface area contributed by atoms with E-state index < -0.39 is 0 Å². The number of hydrogen-bond acceptors (Lipinski definition) is 4. The van der Waals surface area contributed by atoms with Crippen molar-refractivity contribution in [2.45, 2.75) is 63.2 Å². The number of thioether (sulfide) groups is 1. The summed E-state index contributed by atoms with van der Waals surface area (Å²) in [5.74, 6) is 2.02. The zero-order chi connectivity index (χ0) is 16.7. The van der Waals surface area contributed by atoms with Gasteiger partial charge in [0, 0.05) is 43.6 Å². The van der Waals surface area contributed by atoms with Gasteiger partial charge < -0.3 is 15.0 Å². The van der Waals surface area contributed by atoms with E-state index >= 15 is 0 Å². The van der Waals surface area contributed by atoms with Gasteiger partial charge in [0.05, 0.1) is 0 Å². The maximum atomic E-state index is 11.8. The van der Waals surface area contributed by atoms with Gasteiger partial charge in [-0.15, -0.1) is 0 Å². The van der Waals surface area contributed by atoms with Crippen LogP contribution in [0, 0.1) is 0 Å². The first-order chi connectivity index (χ1) is 11.0. The van der Waals surface area contributed by atoms with E-state index in [9.17, 15) is 4.79 Å². The molecule has 2 aliphatic rings. The van der Waals surface area contributed by atoms with E-state index in [1.165, 1.54) is 12.8 Å². The molecule has 1 heterocycles. The minimum Gasteiger partial charge on any atom is -0.462 e. The van der Waals surface area contributed by atoms with E-state index in [0.717, 1.165) is 50.6 Å². The number of esters is 1. The minimum absolute atomic E-state index is 0.0517. The molecule has 0 spiro atoms. The highest BCUT2D eigenvalue weighted by molar-refractivity contribution is 8.00. The van der Waals surface area contributed by atoms with E-state index in [-0.39, 0.29) is 16.8 Å². The number of ether oxygens (including phenoxy) is 1. The van der Waals surface area contributed by atoms with Crippen LogP contribution < -0.4 is 5.32 Å². The number of nitrogens with one attached hydrogen (secondary N) is 1. The summed E-state index contributed by atoms with van der Waals surface area (Å²) in [6.45, 7) is 7.33. The fourth-order valence-electron chi connectivity index (χ4n) is 3.21. The molecule has 1 saturated carbocycles. The lowest BCUT2D eigenvalue weighted by Crippen LogP contribution is -2.51. The first kappa shape index (κ1) is 18.4. The molecule has 1 aliphatic carbocycles. The Morgan fingerprint density at radius 1 is 1.39 bits per heavy atom. The molecule has 0 amide bonds. The zero-order valence-corrected chi connectivity index (χ0v) is 15.6. The Labute approximate surface area is 144 Å². The second kappa shape index (κ2) is 8.81. The summed E-state index contributed by atoms with van der Waals surface area (Å²) in [7, 11) is 1.82. The van der Waals surface area contributed by atoms with Gasteiger partial charge in [0.25, 0.3) is 0 Å². The number of rotatable bonds is 5. The zero-order valence-electron chi connectivity index (χ0n) is 14.8. The number of carbonyl (C=O) groups is 1. The van der Waals surface area contributed by atoms with Crippen molar-refractivity contribution < 1.29 is 9.53 Å². The van der Waals surface area contributed by atoms with Crippen LogP contribution in [-0.4, -0.2) is 60.1 Å². The molecule has 0 unspecified atom stereocenters. The van der Waals surface area contributed by atoms with E-state index in [4.69, 9.17) is 4.74 Å². The second-order valence-corrected chi connectivity index (χ2v) is 8.81. The average Bonchev–Trinajstić information content (AvgIpc) is 2.99. The summed E-state index contributed by atoms with van der Waals surface area (Å²) in [4.78, 5) is 18.5. The third-order valence-corrected chi connectivity index (χ3v) is 5.68. The van der Waals surface area contributed by atoms with Crippen molar-refractivity contribution in [2.24, 2.45) is 4.99 Å². The normalized spacial score (nSPS) is 22.2. The Bertz CT molecular complexity index is 420. The Hall–Kier alpha value is -0.910. The second-order valence-electron chi connectivity index (χ2n) is 7.00. The van der Waals surface area contributed by atoms with Gasteiger partial charge in [0.15, 0.2) is 5.96 Å². The number of aliphatic imine (C=N–C) groups is 1. The van der Waals surface area contributed by atoms with Gasteiger partial charge in [-0.2, -0.15) is 11.8 Å². The molecule has 0 bridgehead atoms. The molecule has 0 radical (unpaired) electrons. The Balaban J connectivity index is 1.64. The van der Waals surface area contributed by atoms with Crippen molar-refractivity contribution >= 4 is 23.7 Å². The van der Waals surface area contributed by atoms with Crippen LogP contribution in [0.15, 0.2) is 4.99 Å². The third kappa shape index (κ3) is 6.24. The molecule has 1 saturated heterocycles. The van der Waals surface area contributed by atoms with Crippen molar-refractivity contribution in [3.05, 3.63) is 0 Å². The van der Waals surface area contributed by atoms with E-state index in [0.29, 0.717) is 6.42 Å². The quantitative estimate of drug-likeness (QED) is 0.361. The smallest absolute Gasteiger partial charge is 0.306 e. The van der Waals surface area contributed by atoms with Crippen molar-refractivity contribution in [3.63, 3.8) is 0 Å². The maximum Gasteiger partial charge on any atom is 0.306 e. The van der Waals surface area contributed by atoms with Crippen LogP contribution in [0.4, 0.5) is 0 Å². The lowest BCUT2D eigenvalue weighted by Gasteiger charge is -2.39. The van der Waals surface area contributed by atoms with Crippen LogP contribution in [0.2, 0.25) is 0 Å². The van der Waals surface area contributed by atoms with Gasteiger partial charge in [-0.1, -0.05) is 0 Å². The molecule has 0 atom stereocenters. The van der Waals surface area contributed by atoms with Gasteiger partial charge in [0.1, 0.15) is 6.10 Å². The van der Waals surface area contributed by atoms with Crippen molar-refractivity contribution in [2.75, 3.05) is 32.4 Å². The first-order valence-electron chi connectivity index (χ1n) is 8.79. The topological polar surface area (TPSA) is 53.9 Å². The van der Waals surface area contributed by atoms with Crippen LogP contribution in [0.25, 0.3) is 0 Å². The number of carbonyl (C=O) groups excluding carboxylic acids is 1. The van der Waals surface area contributed by atoms with Crippen LogP contribution >= 0.6 is 11.8 Å². The van der Waals surface area contributed by atoms with Gasteiger partial charge in [-0.05, 0) is 46.0 Å². The molecular weight excluding hydrogens is 310 g/mol. The fraction of sp³-hybridized carbons (Fsp3) is 0.882. The average molecular weight is 342 g/mol. The van der Waals surface area contributed by atoms with Crippen LogP contribution in [0.3, 0.4) is 0 Å². The Morgan fingerprint density at radius 2 is 2.13 bits per heavy atom. The van der Waals surface area contributed by atoms with Crippen LogP contribution in [0.5, 0.6) is 0 Å². The molecule has 6 heteroatoms. The van der Waals surface area contributed by atoms with Gasteiger partial charge >= 0.3 is 5.97 Å². The summed E-state index contributed by atoms with van der Waals surface area (Å²) in [6.07, 6.45) is 5.92. The summed E-state index contributed by atoms with van der Waals surface area (Å²) >= 11 is 2.01. The molecule has 0 aromatic rings. The molecule has 1 N–H and O–H groups in total. The third-order valence-electron chi connectivity index (χ3n) is 4.38. The van der Waals surface area contributed by atoms with E-state index in [1.54, 1.807) is 0 Å². The van der Waals surface area contributed by atoms with Gasteiger partial charge in [-0.25, -0.2) is 0 Å². The monoisotopic (exact) mass is 341 g/mol. The minimum atomic E-state index is -0.0517. The highest BCUT2D eigenvalue weighted by Gasteiger charge is 2.28. The predicted molar refractivity (Wildman–Crippen MR) is 97.1 cm³/mol. The molecule has 2 rings (SSSR count). The number of hydrogen-bond donors (Lipinski definition) is 1. The van der Waals surface area contributed by atoms with Crippen molar-refractivity contribution in [1.29, 1.82) is 0 Å². The molecule has 0 aromatic carbocycles. The first-order valence-corrected chi connectivity index (χ1v) is 9.78. The number of guanidine groups is 1. The molecule has 1 aliphatic heterocycles. The highest BCUT2D eigenvalue weighted by atomic mass is 32.2. The lowest BCUT2D eigenvalue weighted by molar-refractivity contribution is -0.148. The predicted octanol–water partition coefficient (Wildman–Crippen LogP) is 2.66. The summed E-state index contributed by atoms with van der Waals surface area (Å²) < 4.78 is 5.74. The Kier molecular flexibility index (Phi) is 7.06. The largest absolute Gasteiger partial charge is 0.462 e. The molecule has 23 heavy (non-hydrogen) atoms. The van der Waals surface area contributed by atoms with Gasteiger partial charge in [0.2, 0.25) is 0 Å². The summed E-state index contributed by atoms with van der Waals surface area (Å²) in [6, 6.07) is 0. The SMILES string of the molecule is CN=C(NCCCC(=O)OC1CCCC1)N1CCSC(C)(C)C1. The van der Waals surface area contributed by atoms with Gasteiger partial charge in [-0.3, -0.25) is 9.79 Å². The van der Waals surface area contributed by atoms with E-state index in [1.807, 2.05) is 18.8 Å². The van der Waals surface area contributed by atoms with Crippen LogP contribution in [-0.2, 0) is 9.53 Å². The summed E-state index contributed by atoms with van der Waals surface area (Å²) in [5, 5.41) is 3.38. The lowest BCUT2D eigenvalue weighted by atomic mass is 10.2.